The number of hydrogen-bond acceptors (Lipinski definition) is 4. The van der Waals surface area contributed by atoms with E-state index in [-0.39, 0.29) is 11.8 Å². The second kappa shape index (κ2) is 9.45. The summed E-state index contributed by atoms with van der Waals surface area (Å²) in [6, 6.07) is 15.9. The summed E-state index contributed by atoms with van der Waals surface area (Å²) in [6.45, 7) is 13.0. The summed E-state index contributed by atoms with van der Waals surface area (Å²) in [5.74, 6) is 1.13. The first kappa shape index (κ1) is 20.8. The Bertz CT molecular complexity index is 714. The Morgan fingerprint density at radius 1 is 0.889 bits per heavy atom. The Labute approximate surface area is 163 Å². The summed E-state index contributed by atoms with van der Waals surface area (Å²) in [5, 5.41) is 0. The summed E-state index contributed by atoms with van der Waals surface area (Å²) >= 11 is 0. The zero-order valence-electron chi connectivity index (χ0n) is 17.2. The molecular weight excluding hydrogens is 338 g/mol. The van der Waals surface area contributed by atoms with Crippen molar-refractivity contribution in [1.29, 1.82) is 0 Å². The number of para-hydroxylation sites is 2. The number of ether oxygens (including phenoxy) is 2. The third kappa shape index (κ3) is 5.25. The molecule has 0 radical (unpaired) electrons. The third-order valence-corrected chi connectivity index (χ3v) is 4.64. The highest BCUT2D eigenvalue weighted by Gasteiger charge is 2.22. The number of rotatable bonds is 7. The van der Waals surface area contributed by atoms with Gasteiger partial charge in [0.15, 0.2) is 6.23 Å². The summed E-state index contributed by atoms with van der Waals surface area (Å²) < 4.78 is 11.3. The molecule has 0 fully saturated rings. The lowest BCUT2D eigenvalue weighted by molar-refractivity contribution is 0.0639. The lowest BCUT2D eigenvalue weighted by Gasteiger charge is -2.29. The van der Waals surface area contributed by atoms with Crippen LogP contribution < -0.4 is 9.64 Å². The van der Waals surface area contributed by atoms with E-state index in [0.717, 1.165) is 23.4 Å². The van der Waals surface area contributed by atoms with Gasteiger partial charge in [0.2, 0.25) is 0 Å². The standard InChI is InChI=1S/C23H31NO3/c1-7-24(19-12-9-8-10-13-19)18(6)26-23(25)27-22-20(16(2)3)14-11-15-21(22)17(4)5/h8-18H,7H2,1-6H3. The lowest BCUT2D eigenvalue weighted by atomic mass is 9.94. The van der Waals surface area contributed by atoms with Crippen molar-refractivity contribution < 1.29 is 14.3 Å². The molecule has 0 spiro atoms. The van der Waals surface area contributed by atoms with Gasteiger partial charge in [0, 0.05) is 12.2 Å². The van der Waals surface area contributed by atoms with Gasteiger partial charge in [0.25, 0.3) is 0 Å². The van der Waals surface area contributed by atoms with Crippen molar-refractivity contribution in [1.82, 2.24) is 0 Å². The van der Waals surface area contributed by atoms with Gasteiger partial charge in [-0.25, -0.2) is 4.79 Å². The predicted molar refractivity (Wildman–Crippen MR) is 111 cm³/mol. The molecule has 4 nitrogen and oxygen atoms in total. The molecule has 1 atom stereocenters. The zero-order valence-corrected chi connectivity index (χ0v) is 17.2. The number of nitrogens with zero attached hydrogens (tertiary/aromatic N) is 1. The molecule has 146 valence electrons. The van der Waals surface area contributed by atoms with Crippen LogP contribution in [0.3, 0.4) is 0 Å². The molecule has 1 unspecified atom stereocenters. The van der Waals surface area contributed by atoms with Crippen molar-refractivity contribution in [3.05, 3.63) is 59.7 Å². The summed E-state index contributed by atoms with van der Waals surface area (Å²) in [4.78, 5) is 14.6. The molecule has 4 heteroatoms. The van der Waals surface area contributed by atoms with Crippen molar-refractivity contribution in [2.75, 3.05) is 11.4 Å². The molecule has 2 aromatic carbocycles. The van der Waals surface area contributed by atoms with E-state index < -0.39 is 12.4 Å². The van der Waals surface area contributed by atoms with Crippen molar-refractivity contribution >= 4 is 11.8 Å². The van der Waals surface area contributed by atoms with E-state index in [0.29, 0.717) is 5.75 Å². The number of carbonyl (C=O) groups is 1. The maximum Gasteiger partial charge on any atom is 0.515 e. The van der Waals surface area contributed by atoms with Crippen LogP contribution >= 0.6 is 0 Å². The Balaban J connectivity index is 2.18. The molecule has 0 aromatic heterocycles. The maximum atomic E-state index is 12.6. The van der Waals surface area contributed by atoms with Crippen LogP contribution in [0.25, 0.3) is 0 Å². The van der Waals surface area contributed by atoms with E-state index in [1.54, 1.807) is 0 Å². The fourth-order valence-electron chi connectivity index (χ4n) is 3.18. The number of hydrogen-bond donors (Lipinski definition) is 0. The first-order valence-corrected chi connectivity index (χ1v) is 9.68. The van der Waals surface area contributed by atoms with Crippen LogP contribution in [0.4, 0.5) is 10.5 Å². The van der Waals surface area contributed by atoms with Crippen LogP contribution in [0.15, 0.2) is 48.5 Å². The topological polar surface area (TPSA) is 38.8 Å². The Morgan fingerprint density at radius 2 is 1.44 bits per heavy atom. The van der Waals surface area contributed by atoms with E-state index in [1.165, 1.54) is 0 Å². The molecule has 0 heterocycles. The van der Waals surface area contributed by atoms with Gasteiger partial charge in [-0.2, -0.15) is 0 Å². The van der Waals surface area contributed by atoms with Crippen LogP contribution in [0.5, 0.6) is 5.75 Å². The fourth-order valence-corrected chi connectivity index (χ4v) is 3.18. The molecule has 2 rings (SSSR count). The molecule has 0 N–H and O–H groups in total. The second-order valence-corrected chi connectivity index (χ2v) is 7.27. The minimum Gasteiger partial charge on any atom is -0.410 e. The number of carbonyl (C=O) groups excluding carboxylic acids is 1. The quantitative estimate of drug-likeness (QED) is 0.325. The van der Waals surface area contributed by atoms with Gasteiger partial charge in [-0.15, -0.1) is 0 Å². The van der Waals surface area contributed by atoms with Crippen molar-refractivity contribution in [3.63, 3.8) is 0 Å². The first-order valence-electron chi connectivity index (χ1n) is 9.68. The molecule has 0 amide bonds. The van der Waals surface area contributed by atoms with Crippen molar-refractivity contribution in [2.24, 2.45) is 0 Å². The van der Waals surface area contributed by atoms with Crippen LogP contribution in [-0.2, 0) is 4.74 Å². The van der Waals surface area contributed by atoms with Crippen molar-refractivity contribution in [3.8, 4) is 5.75 Å². The largest absolute Gasteiger partial charge is 0.515 e. The van der Waals surface area contributed by atoms with Gasteiger partial charge in [-0.3, -0.25) is 0 Å². The maximum absolute atomic E-state index is 12.6. The SMILES string of the molecule is CCN(c1ccccc1)C(C)OC(=O)Oc1c(C(C)C)cccc1C(C)C. The minimum absolute atomic E-state index is 0.250. The first-order chi connectivity index (χ1) is 12.8. The van der Waals surface area contributed by atoms with Gasteiger partial charge in [0.1, 0.15) is 5.75 Å². The normalized spacial score (nSPS) is 12.1. The average molecular weight is 370 g/mol. The molecule has 0 bridgehead atoms. The molecule has 0 saturated heterocycles. The highest BCUT2D eigenvalue weighted by Crippen LogP contribution is 2.34. The minimum atomic E-state index is -0.674. The molecule has 0 aliphatic rings. The third-order valence-electron chi connectivity index (χ3n) is 4.64. The van der Waals surface area contributed by atoms with E-state index in [1.807, 2.05) is 67.3 Å². The molecule has 0 aliphatic carbocycles. The highest BCUT2D eigenvalue weighted by molar-refractivity contribution is 5.66. The van der Waals surface area contributed by atoms with Crippen molar-refractivity contribution in [2.45, 2.75) is 59.6 Å². The molecular formula is C23H31NO3. The van der Waals surface area contributed by atoms with Gasteiger partial charge in [0.05, 0.1) is 0 Å². The van der Waals surface area contributed by atoms with Gasteiger partial charge < -0.3 is 14.4 Å². The second-order valence-electron chi connectivity index (χ2n) is 7.27. The van der Waals surface area contributed by atoms with Crippen LogP contribution in [0, 0.1) is 0 Å². The van der Waals surface area contributed by atoms with Crippen LogP contribution in [0.1, 0.15) is 64.5 Å². The predicted octanol–water partition coefficient (Wildman–Crippen LogP) is 6.32. The Morgan fingerprint density at radius 3 is 1.93 bits per heavy atom. The number of benzene rings is 2. The van der Waals surface area contributed by atoms with Crippen LogP contribution in [0.2, 0.25) is 0 Å². The Hall–Kier alpha value is -2.49. The van der Waals surface area contributed by atoms with Crippen LogP contribution in [-0.4, -0.2) is 18.9 Å². The van der Waals surface area contributed by atoms with Gasteiger partial charge in [-0.1, -0.05) is 64.1 Å². The highest BCUT2D eigenvalue weighted by atomic mass is 16.7. The Kier molecular flexibility index (Phi) is 7.28. The zero-order chi connectivity index (χ0) is 20.0. The van der Waals surface area contributed by atoms with Gasteiger partial charge >= 0.3 is 6.16 Å². The molecule has 27 heavy (non-hydrogen) atoms. The van der Waals surface area contributed by atoms with E-state index in [4.69, 9.17) is 9.47 Å². The molecule has 2 aromatic rings. The van der Waals surface area contributed by atoms with E-state index in [2.05, 4.69) is 27.7 Å². The van der Waals surface area contributed by atoms with E-state index in [9.17, 15) is 4.79 Å². The monoisotopic (exact) mass is 369 g/mol. The average Bonchev–Trinajstić information content (AvgIpc) is 2.62. The summed E-state index contributed by atoms with van der Waals surface area (Å²) in [7, 11) is 0. The fraction of sp³-hybridized carbons (Fsp3) is 0.435. The summed E-state index contributed by atoms with van der Waals surface area (Å²) in [6.07, 6.45) is -1.11. The summed E-state index contributed by atoms with van der Waals surface area (Å²) in [5.41, 5.74) is 3.04. The molecule has 0 aliphatic heterocycles. The molecule has 0 saturated carbocycles. The smallest absolute Gasteiger partial charge is 0.410 e. The van der Waals surface area contributed by atoms with E-state index >= 15 is 0 Å². The van der Waals surface area contributed by atoms with Gasteiger partial charge in [-0.05, 0) is 48.9 Å². The number of anilines is 1. The lowest BCUT2D eigenvalue weighted by Crippen LogP contribution is -2.37.